The van der Waals surface area contributed by atoms with Gasteiger partial charge in [0.15, 0.2) is 0 Å². The maximum Gasteiger partial charge on any atom is 0.494 e. The van der Waals surface area contributed by atoms with Crippen LogP contribution in [0.3, 0.4) is 0 Å². The van der Waals surface area contributed by atoms with Gasteiger partial charge in [-0.25, -0.2) is 0 Å². The smallest absolute Gasteiger partial charge is 0.494 e. The average molecular weight is 394 g/mol. The van der Waals surface area contributed by atoms with E-state index in [0.29, 0.717) is 0 Å². The van der Waals surface area contributed by atoms with E-state index in [1.54, 1.807) is 12.1 Å². The van der Waals surface area contributed by atoms with Crippen LogP contribution in [-0.2, 0) is 14.7 Å². The van der Waals surface area contributed by atoms with Crippen molar-refractivity contribution < 1.29 is 19.2 Å². The van der Waals surface area contributed by atoms with Crippen molar-refractivity contribution >= 4 is 12.6 Å². The molecule has 0 saturated carbocycles. The van der Waals surface area contributed by atoms with Crippen LogP contribution < -0.4 is 10.2 Å². The highest BCUT2D eigenvalue weighted by atomic mass is 16.7. The number of phenolic OH excluding ortho intramolecular Hbond substituents is 1. The molecule has 154 valence electrons. The van der Waals surface area contributed by atoms with E-state index in [0.717, 1.165) is 28.8 Å². The average Bonchev–Trinajstić information content (AvgIpc) is 2.82. The summed E-state index contributed by atoms with van der Waals surface area (Å²) in [6.45, 7) is 14.8. The SMILES string of the molecule is CC1(C)C[C@](C)(c2ccc(O)cc2)c2cc(B3OC(C)(C)C(C)(C)O3)ccc2O1. The molecule has 0 amide bonds. The summed E-state index contributed by atoms with van der Waals surface area (Å²) in [5.41, 5.74) is 1.94. The van der Waals surface area contributed by atoms with Crippen LogP contribution >= 0.6 is 0 Å². The van der Waals surface area contributed by atoms with Gasteiger partial charge < -0.3 is 19.2 Å². The highest BCUT2D eigenvalue weighted by Crippen LogP contribution is 2.48. The minimum Gasteiger partial charge on any atom is -0.508 e. The Labute approximate surface area is 174 Å². The molecule has 1 N–H and O–H groups in total. The third kappa shape index (κ3) is 3.34. The van der Waals surface area contributed by atoms with E-state index in [1.807, 2.05) is 24.3 Å². The second-order valence-electron chi connectivity index (χ2n) is 10.3. The quantitative estimate of drug-likeness (QED) is 0.759. The Bertz CT molecular complexity index is 916. The van der Waals surface area contributed by atoms with E-state index in [-0.39, 0.29) is 28.0 Å². The summed E-state index contributed by atoms with van der Waals surface area (Å²) < 4.78 is 18.9. The second kappa shape index (κ2) is 6.26. The molecule has 5 heteroatoms. The lowest BCUT2D eigenvalue weighted by atomic mass is 9.66. The number of rotatable bonds is 2. The van der Waals surface area contributed by atoms with Crippen molar-refractivity contribution in [2.24, 2.45) is 0 Å². The molecular formula is C24H31BO4. The van der Waals surface area contributed by atoms with Crippen LogP contribution in [0.5, 0.6) is 11.5 Å². The molecule has 2 heterocycles. The first kappa shape index (κ1) is 20.3. The Kier molecular flexibility index (Phi) is 4.38. The van der Waals surface area contributed by atoms with Crippen molar-refractivity contribution in [3.8, 4) is 11.5 Å². The summed E-state index contributed by atoms with van der Waals surface area (Å²) in [5, 5.41) is 9.76. The van der Waals surface area contributed by atoms with Crippen molar-refractivity contribution in [3.05, 3.63) is 53.6 Å². The summed E-state index contributed by atoms with van der Waals surface area (Å²) in [7, 11) is -0.413. The first-order valence-electron chi connectivity index (χ1n) is 10.3. The minimum absolute atomic E-state index is 0.259. The van der Waals surface area contributed by atoms with Crippen LogP contribution in [0.4, 0.5) is 0 Å². The molecule has 0 bridgehead atoms. The van der Waals surface area contributed by atoms with Gasteiger partial charge in [-0.05, 0) is 70.8 Å². The molecule has 0 aliphatic carbocycles. The normalized spacial score (nSPS) is 26.7. The highest BCUT2D eigenvalue weighted by Gasteiger charge is 2.52. The number of fused-ring (bicyclic) bond motifs is 1. The second-order valence-corrected chi connectivity index (χ2v) is 10.3. The zero-order valence-electron chi connectivity index (χ0n) is 18.5. The van der Waals surface area contributed by atoms with Crippen LogP contribution in [0, 0.1) is 0 Å². The Morgan fingerprint density at radius 1 is 0.828 bits per heavy atom. The molecule has 2 aliphatic heterocycles. The maximum absolute atomic E-state index is 9.76. The van der Waals surface area contributed by atoms with Gasteiger partial charge in [0.1, 0.15) is 17.1 Å². The van der Waals surface area contributed by atoms with Crippen LogP contribution in [0.25, 0.3) is 0 Å². The lowest BCUT2D eigenvalue weighted by Gasteiger charge is -2.45. The van der Waals surface area contributed by atoms with E-state index in [4.69, 9.17) is 14.0 Å². The van der Waals surface area contributed by atoms with Crippen molar-refractivity contribution in [2.45, 2.75) is 77.1 Å². The van der Waals surface area contributed by atoms with Crippen LogP contribution in [0.15, 0.2) is 42.5 Å². The van der Waals surface area contributed by atoms with Gasteiger partial charge in [0, 0.05) is 17.4 Å². The van der Waals surface area contributed by atoms with Gasteiger partial charge in [-0.15, -0.1) is 0 Å². The van der Waals surface area contributed by atoms with E-state index >= 15 is 0 Å². The molecule has 4 rings (SSSR count). The van der Waals surface area contributed by atoms with Gasteiger partial charge in [0.2, 0.25) is 0 Å². The molecule has 2 aliphatic rings. The van der Waals surface area contributed by atoms with Gasteiger partial charge in [0.05, 0.1) is 11.2 Å². The maximum atomic E-state index is 9.76. The number of hydrogen-bond donors (Lipinski definition) is 1. The summed E-state index contributed by atoms with van der Waals surface area (Å²) >= 11 is 0. The van der Waals surface area contributed by atoms with Gasteiger partial charge >= 0.3 is 7.12 Å². The Morgan fingerprint density at radius 2 is 1.41 bits per heavy atom. The van der Waals surface area contributed by atoms with Gasteiger partial charge in [-0.3, -0.25) is 0 Å². The van der Waals surface area contributed by atoms with Gasteiger partial charge in [-0.2, -0.15) is 0 Å². The molecule has 0 unspecified atom stereocenters. The van der Waals surface area contributed by atoms with Crippen molar-refractivity contribution in [1.29, 1.82) is 0 Å². The van der Waals surface area contributed by atoms with E-state index in [2.05, 4.69) is 54.5 Å². The van der Waals surface area contributed by atoms with Crippen LogP contribution in [0.2, 0.25) is 0 Å². The van der Waals surface area contributed by atoms with Crippen LogP contribution in [-0.4, -0.2) is 29.0 Å². The summed E-state index contributed by atoms with van der Waals surface area (Å²) in [6.07, 6.45) is 0.824. The monoisotopic (exact) mass is 394 g/mol. The fourth-order valence-electron chi connectivity index (χ4n) is 4.56. The fourth-order valence-corrected chi connectivity index (χ4v) is 4.56. The van der Waals surface area contributed by atoms with Crippen molar-refractivity contribution in [2.75, 3.05) is 0 Å². The molecule has 2 aromatic rings. The van der Waals surface area contributed by atoms with Crippen molar-refractivity contribution in [1.82, 2.24) is 0 Å². The first-order valence-corrected chi connectivity index (χ1v) is 10.3. The Balaban J connectivity index is 1.80. The number of phenols is 1. The summed E-state index contributed by atoms with van der Waals surface area (Å²) in [4.78, 5) is 0. The molecule has 0 radical (unpaired) electrons. The predicted octanol–water partition coefficient (Wildman–Crippen LogP) is 4.56. The molecule has 29 heavy (non-hydrogen) atoms. The number of hydrogen-bond acceptors (Lipinski definition) is 4. The minimum atomic E-state index is -0.413. The molecule has 0 aromatic heterocycles. The summed E-state index contributed by atoms with van der Waals surface area (Å²) in [6, 6.07) is 13.8. The predicted molar refractivity (Wildman–Crippen MR) is 116 cm³/mol. The highest BCUT2D eigenvalue weighted by molar-refractivity contribution is 6.62. The number of ether oxygens (including phenoxy) is 1. The zero-order valence-corrected chi connectivity index (χ0v) is 18.5. The van der Waals surface area contributed by atoms with Gasteiger partial charge in [-0.1, -0.05) is 31.2 Å². The van der Waals surface area contributed by atoms with E-state index in [9.17, 15) is 5.11 Å². The standard InChI is InChI=1S/C24H31BO4/c1-21(2)15-24(7,16-8-11-18(26)12-9-16)19-14-17(10-13-20(19)27-21)25-28-22(3,4)23(5,6)29-25/h8-14,26H,15H2,1-7H3/t24-/m1/s1. The zero-order chi connectivity index (χ0) is 21.2. The molecule has 1 saturated heterocycles. The molecule has 1 fully saturated rings. The molecule has 4 nitrogen and oxygen atoms in total. The summed E-state index contributed by atoms with van der Waals surface area (Å²) in [5.74, 6) is 1.16. The topological polar surface area (TPSA) is 47.9 Å². The van der Waals surface area contributed by atoms with Gasteiger partial charge in [0.25, 0.3) is 0 Å². The van der Waals surface area contributed by atoms with E-state index in [1.165, 1.54) is 0 Å². The Hall–Kier alpha value is -1.98. The molecule has 0 spiro atoms. The lowest BCUT2D eigenvalue weighted by Crippen LogP contribution is -2.45. The number of aromatic hydroxyl groups is 1. The molecular weight excluding hydrogens is 363 g/mol. The lowest BCUT2D eigenvalue weighted by molar-refractivity contribution is 0.00578. The first-order chi connectivity index (χ1) is 13.3. The Morgan fingerprint density at radius 3 is 2.00 bits per heavy atom. The molecule has 1 atom stereocenters. The van der Waals surface area contributed by atoms with E-state index < -0.39 is 7.12 Å². The van der Waals surface area contributed by atoms with Crippen LogP contribution in [0.1, 0.15) is 66.0 Å². The number of benzene rings is 2. The van der Waals surface area contributed by atoms with Crippen molar-refractivity contribution in [3.63, 3.8) is 0 Å². The third-order valence-electron chi connectivity index (χ3n) is 6.79. The molecule has 2 aromatic carbocycles. The third-order valence-corrected chi connectivity index (χ3v) is 6.79. The fraction of sp³-hybridized carbons (Fsp3) is 0.500. The largest absolute Gasteiger partial charge is 0.508 e.